The Morgan fingerprint density at radius 1 is 1.18 bits per heavy atom. The summed E-state index contributed by atoms with van der Waals surface area (Å²) >= 11 is 3.40. The van der Waals surface area contributed by atoms with Gasteiger partial charge in [0, 0.05) is 6.07 Å². The van der Waals surface area contributed by atoms with Gasteiger partial charge >= 0.3 is 0 Å². The molecule has 3 rings (SSSR count). The molecule has 0 aliphatic heterocycles. The van der Waals surface area contributed by atoms with Crippen LogP contribution in [0.2, 0.25) is 0 Å². The van der Waals surface area contributed by atoms with E-state index in [1.807, 2.05) is 0 Å². The third-order valence-corrected chi connectivity index (χ3v) is 7.37. The number of hydrazone groups is 1. The van der Waals surface area contributed by atoms with Gasteiger partial charge < -0.3 is 9.47 Å². The van der Waals surface area contributed by atoms with E-state index in [2.05, 4.69) is 33.0 Å². The van der Waals surface area contributed by atoms with Gasteiger partial charge in [-0.1, -0.05) is 43.0 Å². The number of anilines is 1. The molecule has 0 heterocycles. The van der Waals surface area contributed by atoms with Crippen molar-refractivity contribution in [2.45, 2.75) is 4.90 Å². The van der Waals surface area contributed by atoms with Crippen LogP contribution >= 0.6 is 15.9 Å². The molecule has 0 aliphatic rings. The van der Waals surface area contributed by atoms with Gasteiger partial charge in [0.1, 0.15) is 13.2 Å². The maximum absolute atomic E-state index is 13.5. The van der Waals surface area contributed by atoms with Crippen molar-refractivity contribution >= 4 is 49.4 Å². The zero-order valence-corrected chi connectivity index (χ0v) is 22.5. The summed E-state index contributed by atoms with van der Waals surface area (Å²) in [6, 6.07) is 16.0. The number of nitrogens with zero attached hydrogens (tertiary/aromatic N) is 3. The number of carbonyl (C=O) groups is 1. The largest absolute Gasteiger partial charge is 0.493 e. The minimum Gasteiger partial charge on any atom is -0.493 e. The Hall–Kier alpha value is -4.23. The summed E-state index contributed by atoms with van der Waals surface area (Å²) in [6.45, 7) is 3.19. The second kappa shape index (κ2) is 12.8. The molecule has 38 heavy (non-hydrogen) atoms. The smallest absolute Gasteiger partial charge is 0.289 e. The average Bonchev–Trinajstić information content (AvgIpc) is 2.91. The predicted molar refractivity (Wildman–Crippen MR) is 146 cm³/mol. The lowest BCUT2D eigenvalue weighted by atomic mass is 10.2. The first-order valence-corrected chi connectivity index (χ1v) is 13.2. The van der Waals surface area contributed by atoms with E-state index in [9.17, 15) is 23.3 Å². The number of para-hydroxylation sites is 2. The lowest BCUT2D eigenvalue weighted by Gasteiger charge is -2.23. The monoisotopic (exact) mass is 602 g/mol. The number of amides is 1. The molecular formula is C25H23BrN4O7S. The molecule has 11 nitrogen and oxygen atoms in total. The molecular weight excluding hydrogens is 580 g/mol. The minimum absolute atomic E-state index is 0.147. The molecule has 0 aliphatic carbocycles. The zero-order chi connectivity index (χ0) is 27.7. The van der Waals surface area contributed by atoms with Crippen molar-refractivity contribution in [2.24, 2.45) is 5.10 Å². The molecule has 1 amide bonds. The standard InChI is InChI=1S/C25H23BrN4O7S/c1-3-13-37-25-20(26)14-18(15-22(25)36-2)16-27-28-24(31)17-29(19-9-5-4-6-10-19)38(34,35)23-12-8-7-11-21(23)30(32)33/h3-12,14-16H,1,13,17H2,2H3,(H,28,31)/b27-16-. The van der Waals surface area contributed by atoms with E-state index < -0.39 is 38.0 Å². The fourth-order valence-corrected chi connectivity index (χ4v) is 5.45. The van der Waals surface area contributed by atoms with E-state index in [-0.39, 0.29) is 12.3 Å². The molecule has 13 heteroatoms. The first kappa shape index (κ1) is 28.3. The Bertz CT molecular complexity index is 1460. The van der Waals surface area contributed by atoms with E-state index in [0.717, 1.165) is 16.4 Å². The fraction of sp³-hybridized carbons (Fsp3) is 0.120. The second-order valence-corrected chi connectivity index (χ2v) is 10.2. The molecule has 0 atom stereocenters. The molecule has 0 saturated carbocycles. The van der Waals surface area contributed by atoms with Crippen LogP contribution < -0.4 is 19.2 Å². The Morgan fingerprint density at radius 3 is 2.53 bits per heavy atom. The van der Waals surface area contributed by atoms with Crippen molar-refractivity contribution in [1.82, 2.24) is 5.43 Å². The quantitative estimate of drug-likeness (QED) is 0.141. The highest BCUT2D eigenvalue weighted by molar-refractivity contribution is 9.10. The number of hydrogen-bond acceptors (Lipinski definition) is 8. The summed E-state index contributed by atoms with van der Waals surface area (Å²) in [5, 5.41) is 15.4. The number of carbonyl (C=O) groups excluding carboxylic acids is 1. The maximum Gasteiger partial charge on any atom is 0.289 e. The maximum atomic E-state index is 13.5. The van der Waals surface area contributed by atoms with Crippen LogP contribution in [0.15, 0.2) is 93.9 Å². The van der Waals surface area contributed by atoms with Crippen molar-refractivity contribution in [3.8, 4) is 11.5 Å². The molecule has 1 N–H and O–H groups in total. The van der Waals surface area contributed by atoms with Crippen molar-refractivity contribution in [3.05, 3.63) is 99.5 Å². The predicted octanol–water partition coefficient (Wildman–Crippen LogP) is 4.28. The summed E-state index contributed by atoms with van der Waals surface area (Å²) < 4.78 is 39.2. The highest BCUT2D eigenvalue weighted by Gasteiger charge is 2.33. The number of sulfonamides is 1. The van der Waals surface area contributed by atoms with Gasteiger partial charge in [-0.3, -0.25) is 19.2 Å². The third-order valence-electron chi connectivity index (χ3n) is 4.96. The van der Waals surface area contributed by atoms with Gasteiger partial charge in [-0.05, 0) is 51.8 Å². The van der Waals surface area contributed by atoms with Gasteiger partial charge in [0.05, 0.1) is 28.4 Å². The van der Waals surface area contributed by atoms with E-state index in [1.165, 1.54) is 37.6 Å². The molecule has 0 saturated heterocycles. The van der Waals surface area contributed by atoms with Crippen LogP contribution in [0.1, 0.15) is 5.56 Å². The lowest BCUT2D eigenvalue weighted by molar-refractivity contribution is -0.387. The molecule has 0 aromatic heterocycles. The van der Waals surface area contributed by atoms with Gasteiger partial charge in [-0.2, -0.15) is 5.10 Å². The first-order valence-electron chi connectivity index (χ1n) is 10.9. The summed E-state index contributed by atoms with van der Waals surface area (Å²) in [5.74, 6) is 0.108. The van der Waals surface area contributed by atoms with E-state index >= 15 is 0 Å². The van der Waals surface area contributed by atoms with Gasteiger partial charge in [0.15, 0.2) is 16.4 Å². The number of rotatable bonds is 12. The van der Waals surface area contributed by atoms with E-state index in [1.54, 1.807) is 36.4 Å². The molecule has 3 aromatic rings. The van der Waals surface area contributed by atoms with Crippen molar-refractivity contribution < 1.29 is 27.6 Å². The van der Waals surface area contributed by atoms with Crippen LogP contribution in [-0.2, 0) is 14.8 Å². The lowest BCUT2D eigenvalue weighted by Crippen LogP contribution is -2.39. The summed E-state index contributed by atoms with van der Waals surface area (Å²) in [7, 11) is -3.02. The van der Waals surface area contributed by atoms with Crippen LogP contribution in [0.4, 0.5) is 11.4 Å². The topological polar surface area (TPSA) is 140 Å². The Labute approximate surface area is 227 Å². The molecule has 0 bridgehead atoms. The molecule has 0 fully saturated rings. The third kappa shape index (κ3) is 6.75. The van der Waals surface area contributed by atoms with Crippen molar-refractivity contribution in [2.75, 3.05) is 24.6 Å². The molecule has 3 aromatic carbocycles. The number of halogens is 1. The fourth-order valence-electron chi connectivity index (χ4n) is 3.30. The van der Waals surface area contributed by atoms with Crippen molar-refractivity contribution in [3.63, 3.8) is 0 Å². The highest BCUT2D eigenvalue weighted by Crippen LogP contribution is 2.36. The molecule has 0 radical (unpaired) electrons. The number of ether oxygens (including phenoxy) is 2. The number of hydrogen-bond donors (Lipinski definition) is 1. The van der Waals surface area contributed by atoms with Gasteiger partial charge in [0.25, 0.3) is 21.6 Å². The van der Waals surface area contributed by atoms with Gasteiger partial charge in [-0.15, -0.1) is 0 Å². The summed E-state index contributed by atoms with van der Waals surface area (Å²) in [4.78, 5) is 22.9. The van der Waals surface area contributed by atoms with Crippen LogP contribution in [0.3, 0.4) is 0 Å². The Kier molecular flexibility index (Phi) is 9.57. The number of nitrogens with one attached hydrogen (secondary N) is 1. The number of nitro groups is 1. The molecule has 0 spiro atoms. The average molecular weight is 603 g/mol. The number of methoxy groups -OCH3 is 1. The highest BCUT2D eigenvalue weighted by atomic mass is 79.9. The van der Waals surface area contributed by atoms with Crippen LogP contribution in [0.25, 0.3) is 0 Å². The zero-order valence-electron chi connectivity index (χ0n) is 20.1. The first-order chi connectivity index (χ1) is 18.2. The summed E-state index contributed by atoms with van der Waals surface area (Å²) in [5.41, 5.74) is 2.38. The Morgan fingerprint density at radius 2 is 1.87 bits per heavy atom. The van der Waals surface area contributed by atoms with Gasteiger partial charge in [-0.25, -0.2) is 13.8 Å². The van der Waals surface area contributed by atoms with Gasteiger partial charge in [0.2, 0.25) is 0 Å². The van der Waals surface area contributed by atoms with Crippen molar-refractivity contribution in [1.29, 1.82) is 0 Å². The molecule has 0 unspecified atom stereocenters. The molecule has 198 valence electrons. The normalized spacial score (nSPS) is 11.1. The van der Waals surface area contributed by atoms with Crippen LogP contribution in [-0.4, -0.2) is 45.7 Å². The summed E-state index contributed by atoms with van der Waals surface area (Å²) in [6.07, 6.45) is 2.93. The minimum atomic E-state index is -4.49. The SMILES string of the molecule is C=CCOc1c(Br)cc(/C=N\NC(=O)CN(c2ccccc2)S(=O)(=O)c2ccccc2[N+](=O)[O-])cc1OC. The van der Waals surface area contributed by atoms with Crippen LogP contribution in [0, 0.1) is 10.1 Å². The second-order valence-electron chi connectivity index (χ2n) is 7.50. The van der Waals surface area contributed by atoms with Crippen LogP contribution in [0.5, 0.6) is 11.5 Å². The Balaban J connectivity index is 1.85. The van der Waals surface area contributed by atoms with E-state index in [0.29, 0.717) is 21.5 Å². The number of nitro benzene ring substituents is 1. The number of benzene rings is 3. The van der Waals surface area contributed by atoms with E-state index in [4.69, 9.17) is 9.47 Å².